The lowest BCUT2D eigenvalue weighted by Crippen LogP contribution is -2.35. The molecule has 20 heavy (non-hydrogen) atoms. The summed E-state index contributed by atoms with van der Waals surface area (Å²) in [6.07, 6.45) is 0. The summed E-state index contributed by atoms with van der Waals surface area (Å²) in [6.45, 7) is 1.23. The summed E-state index contributed by atoms with van der Waals surface area (Å²) in [5.41, 5.74) is 5.59. The van der Waals surface area contributed by atoms with Crippen LogP contribution in [-0.4, -0.2) is 39.0 Å². The number of carbonyl (C=O) groups is 1. The number of hydrogen-bond acceptors (Lipinski definition) is 5. The molecule has 0 heterocycles. The van der Waals surface area contributed by atoms with Crippen molar-refractivity contribution < 1.29 is 22.3 Å². The molecule has 1 rings (SSSR count). The lowest BCUT2D eigenvalue weighted by molar-refractivity contribution is -0.115. The summed E-state index contributed by atoms with van der Waals surface area (Å²) in [7, 11) is -2.29. The zero-order chi connectivity index (χ0) is 15.3. The van der Waals surface area contributed by atoms with Gasteiger partial charge in [-0.2, -0.15) is 0 Å². The van der Waals surface area contributed by atoms with Crippen molar-refractivity contribution in [3.05, 3.63) is 24.0 Å². The number of rotatable bonds is 6. The highest BCUT2D eigenvalue weighted by molar-refractivity contribution is 7.92. The predicted molar refractivity (Wildman–Crippen MR) is 74.6 cm³/mol. The topological polar surface area (TPSA) is 98.5 Å². The van der Waals surface area contributed by atoms with Gasteiger partial charge < -0.3 is 15.8 Å². The van der Waals surface area contributed by atoms with Crippen LogP contribution in [0.4, 0.5) is 15.8 Å². The number of hydrogen-bond donors (Lipinski definition) is 2. The van der Waals surface area contributed by atoms with Gasteiger partial charge in [0.25, 0.3) is 0 Å². The number of carbonyl (C=O) groups excluding carboxylic acids is 1. The first-order chi connectivity index (χ1) is 9.27. The number of anilines is 2. The number of halogens is 1. The van der Waals surface area contributed by atoms with Gasteiger partial charge >= 0.3 is 0 Å². The fourth-order valence-electron chi connectivity index (χ4n) is 1.41. The van der Waals surface area contributed by atoms with Crippen LogP contribution in [0.5, 0.6) is 0 Å². The van der Waals surface area contributed by atoms with E-state index in [1.807, 2.05) is 0 Å². The molecule has 0 spiro atoms. The van der Waals surface area contributed by atoms with E-state index in [-0.39, 0.29) is 23.7 Å². The molecule has 1 amide bonds. The Morgan fingerprint density at radius 2 is 2.15 bits per heavy atom. The van der Waals surface area contributed by atoms with Crippen molar-refractivity contribution in [1.29, 1.82) is 0 Å². The van der Waals surface area contributed by atoms with Gasteiger partial charge in [0.05, 0.1) is 18.0 Å². The molecule has 1 aromatic carbocycles. The molecule has 8 heteroatoms. The Bertz CT molecular complexity index is 589. The van der Waals surface area contributed by atoms with Crippen molar-refractivity contribution in [2.75, 3.05) is 30.5 Å². The van der Waals surface area contributed by atoms with Crippen LogP contribution in [0.25, 0.3) is 0 Å². The van der Waals surface area contributed by atoms with E-state index in [0.29, 0.717) is 0 Å². The van der Waals surface area contributed by atoms with Crippen molar-refractivity contribution in [2.45, 2.75) is 12.2 Å². The molecule has 0 aromatic heterocycles. The number of nitrogens with two attached hydrogens (primary N) is 1. The van der Waals surface area contributed by atoms with Gasteiger partial charge in [-0.05, 0) is 25.1 Å². The van der Waals surface area contributed by atoms with Gasteiger partial charge in [0.1, 0.15) is 11.1 Å². The number of ether oxygens (including phenoxy) is 1. The number of nitrogens with one attached hydrogen (secondary N) is 1. The standard InChI is InChI=1S/C12H17FN2O4S/c1-8(20(17,18)6-5-19-2)12(16)15-11-7-9(14)3-4-10(11)13/h3-4,7-8H,5-6,14H2,1-2H3,(H,15,16). The normalized spacial score (nSPS) is 12.9. The van der Waals surface area contributed by atoms with Crippen LogP contribution in [-0.2, 0) is 19.4 Å². The average molecular weight is 304 g/mol. The van der Waals surface area contributed by atoms with Crippen molar-refractivity contribution in [3.8, 4) is 0 Å². The molecule has 0 bridgehead atoms. The van der Waals surface area contributed by atoms with E-state index in [0.717, 1.165) is 6.07 Å². The summed E-state index contributed by atoms with van der Waals surface area (Å²) in [5, 5.41) is 0.912. The van der Waals surface area contributed by atoms with Gasteiger partial charge in [0.15, 0.2) is 9.84 Å². The van der Waals surface area contributed by atoms with Crippen LogP contribution in [0.2, 0.25) is 0 Å². The predicted octanol–water partition coefficient (Wildman–Crippen LogP) is 0.796. The molecule has 6 nitrogen and oxygen atoms in total. The minimum absolute atomic E-state index is 0.00734. The van der Waals surface area contributed by atoms with E-state index in [2.05, 4.69) is 10.1 Å². The van der Waals surface area contributed by atoms with E-state index in [4.69, 9.17) is 5.73 Å². The fourth-order valence-corrected chi connectivity index (χ4v) is 2.55. The lowest BCUT2D eigenvalue weighted by Gasteiger charge is -2.13. The summed E-state index contributed by atoms with van der Waals surface area (Å²) < 4.78 is 41.8. The third-order valence-electron chi connectivity index (χ3n) is 2.73. The van der Waals surface area contributed by atoms with E-state index in [9.17, 15) is 17.6 Å². The molecule has 112 valence electrons. The largest absolute Gasteiger partial charge is 0.399 e. The first-order valence-electron chi connectivity index (χ1n) is 5.84. The zero-order valence-corrected chi connectivity index (χ0v) is 12.0. The van der Waals surface area contributed by atoms with E-state index in [1.54, 1.807) is 0 Å². The smallest absolute Gasteiger partial charge is 0.242 e. The zero-order valence-electron chi connectivity index (χ0n) is 11.2. The fraction of sp³-hybridized carbons (Fsp3) is 0.417. The molecule has 0 fully saturated rings. The van der Waals surface area contributed by atoms with E-state index >= 15 is 0 Å². The Balaban J connectivity index is 2.83. The Morgan fingerprint density at radius 3 is 2.75 bits per heavy atom. The van der Waals surface area contributed by atoms with Crippen LogP contribution in [0.3, 0.4) is 0 Å². The SMILES string of the molecule is COCCS(=O)(=O)C(C)C(=O)Nc1cc(N)ccc1F. The molecule has 1 aromatic rings. The minimum Gasteiger partial charge on any atom is -0.399 e. The molecule has 0 aliphatic rings. The number of methoxy groups -OCH3 is 1. The molecule has 0 saturated carbocycles. The first-order valence-corrected chi connectivity index (χ1v) is 7.56. The maximum Gasteiger partial charge on any atom is 0.242 e. The van der Waals surface area contributed by atoms with Crippen LogP contribution in [0, 0.1) is 5.82 Å². The van der Waals surface area contributed by atoms with Crippen LogP contribution < -0.4 is 11.1 Å². The van der Waals surface area contributed by atoms with Crippen molar-refractivity contribution in [3.63, 3.8) is 0 Å². The Kier molecular flexibility index (Phi) is 5.46. The van der Waals surface area contributed by atoms with Gasteiger partial charge in [-0.15, -0.1) is 0 Å². The highest BCUT2D eigenvalue weighted by Gasteiger charge is 2.28. The maximum absolute atomic E-state index is 13.5. The van der Waals surface area contributed by atoms with Gasteiger partial charge in [0, 0.05) is 12.8 Å². The summed E-state index contributed by atoms with van der Waals surface area (Å²) in [4.78, 5) is 11.8. The maximum atomic E-state index is 13.5. The Morgan fingerprint density at radius 1 is 1.50 bits per heavy atom. The molecule has 0 aliphatic heterocycles. The molecule has 0 aliphatic carbocycles. The molecular formula is C12H17FN2O4S. The monoisotopic (exact) mass is 304 g/mol. The summed E-state index contributed by atoms with van der Waals surface area (Å²) in [6, 6.07) is 3.65. The minimum atomic E-state index is -3.66. The number of nitrogen functional groups attached to an aromatic ring is 1. The second kappa shape index (κ2) is 6.67. The Hall–Kier alpha value is -1.67. The van der Waals surface area contributed by atoms with Crippen LogP contribution >= 0.6 is 0 Å². The first kappa shape index (κ1) is 16.4. The van der Waals surface area contributed by atoms with Gasteiger partial charge in [-0.1, -0.05) is 0 Å². The molecule has 0 radical (unpaired) electrons. The van der Waals surface area contributed by atoms with E-state index in [1.165, 1.54) is 26.2 Å². The van der Waals surface area contributed by atoms with Crippen molar-refractivity contribution in [1.82, 2.24) is 0 Å². The quantitative estimate of drug-likeness (QED) is 0.757. The van der Waals surface area contributed by atoms with E-state index < -0.39 is 26.8 Å². The van der Waals surface area contributed by atoms with Gasteiger partial charge in [0.2, 0.25) is 5.91 Å². The third-order valence-corrected chi connectivity index (χ3v) is 4.76. The lowest BCUT2D eigenvalue weighted by atomic mass is 10.2. The molecule has 3 N–H and O–H groups in total. The molecule has 0 saturated heterocycles. The van der Waals surface area contributed by atoms with Gasteiger partial charge in [-0.3, -0.25) is 4.79 Å². The molecule has 1 atom stereocenters. The second-order valence-electron chi connectivity index (χ2n) is 4.23. The number of amides is 1. The average Bonchev–Trinajstić information content (AvgIpc) is 2.39. The summed E-state index contributed by atoms with van der Waals surface area (Å²) >= 11 is 0. The van der Waals surface area contributed by atoms with Crippen molar-refractivity contribution >= 4 is 27.1 Å². The van der Waals surface area contributed by atoms with Gasteiger partial charge in [-0.25, -0.2) is 12.8 Å². The third kappa shape index (κ3) is 4.17. The van der Waals surface area contributed by atoms with Crippen LogP contribution in [0.15, 0.2) is 18.2 Å². The number of benzene rings is 1. The summed E-state index contributed by atoms with van der Waals surface area (Å²) in [5.74, 6) is -1.78. The Labute approximate surface area is 117 Å². The highest BCUT2D eigenvalue weighted by atomic mass is 32.2. The number of sulfone groups is 1. The van der Waals surface area contributed by atoms with Crippen LogP contribution in [0.1, 0.15) is 6.92 Å². The second-order valence-corrected chi connectivity index (χ2v) is 6.67. The highest BCUT2D eigenvalue weighted by Crippen LogP contribution is 2.18. The van der Waals surface area contributed by atoms with Crippen molar-refractivity contribution in [2.24, 2.45) is 0 Å². The molecular weight excluding hydrogens is 287 g/mol. The molecule has 1 unspecified atom stereocenters.